The Balaban J connectivity index is 0. The van der Waals surface area contributed by atoms with Crippen LogP contribution in [0.3, 0.4) is 0 Å². The maximum Gasteiger partial charge on any atom is 3.00 e. The molecule has 0 rings (SSSR count). The molecule has 0 amide bonds. The van der Waals surface area contributed by atoms with E-state index in [1.54, 1.807) is 0 Å². The van der Waals surface area contributed by atoms with Crippen LogP contribution in [-0.2, 0) is 34.4 Å². The van der Waals surface area contributed by atoms with Crippen molar-refractivity contribution in [1.29, 1.82) is 0 Å². The van der Waals surface area contributed by atoms with Crippen molar-refractivity contribution in [2.75, 3.05) is 0 Å². The summed E-state index contributed by atoms with van der Waals surface area (Å²) in [5.41, 5.74) is 0. The second-order valence-electron chi connectivity index (χ2n) is 0. The number of hydrogen-bond donors (Lipinski definition) is 0. The molecule has 0 bridgehead atoms. The third kappa shape index (κ3) is 12.2. The summed E-state index contributed by atoms with van der Waals surface area (Å²) in [5.74, 6) is 0. The van der Waals surface area contributed by atoms with Gasteiger partial charge in [0.2, 0.25) is 0 Å². The van der Waals surface area contributed by atoms with E-state index >= 15 is 0 Å². The van der Waals surface area contributed by atoms with Crippen LogP contribution in [0.2, 0.25) is 0 Å². The molecule has 0 N–H and O–H groups in total. The van der Waals surface area contributed by atoms with E-state index in [1.807, 2.05) is 0 Å². The Bertz CT molecular complexity index is 6.00. The number of nitrogens with zero attached hydrogens (tertiary/aromatic N) is 2. The van der Waals surface area contributed by atoms with Crippen molar-refractivity contribution in [3.63, 3.8) is 0 Å². The number of rotatable bonds is 0. The maximum atomic E-state index is 0. The monoisotopic (exact) mass is 136 g/mol. The van der Waals surface area contributed by atoms with Gasteiger partial charge in [0.25, 0.3) is 0 Å². The Morgan fingerprint density at radius 3 is 0.750 bits per heavy atom. The minimum Gasteiger partial charge on any atom is -3.00 e. The largest absolute Gasteiger partial charge is 3.00 e. The standard InChI is InChI=1S/Cr.Fe.2N/q2*+3;2*-3. The Kier molecular flexibility index (Phi) is 771. The first kappa shape index (κ1) is 83.0. The molecule has 0 atom stereocenters. The zero-order chi connectivity index (χ0) is 0. The maximum absolute atomic E-state index is 0. The minimum atomic E-state index is 0. The third-order valence-electron chi connectivity index (χ3n) is 0. The Hall–Kier alpha value is 0.972. The van der Waals surface area contributed by atoms with Crippen molar-refractivity contribution < 1.29 is 34.4 Å². The van der Waals surface area contributed by atoms with Gasteiger partial charge in [-0.1, -0.05) is 0 Å². The van der Waals surface area contributed by atoms with Crippen LogP contribution in [0, 0.1) is 0 Å². The summed E-state index contributed by atoms with van der Waals surface area (Å²) in [6.45, 7) is 0. The SMILES string of the molecule is [Cr+3].[Fe+3].[N-3].[N-3]. The Morgan fingerprint density at radius 2 is 0.750 bits per heavy atom. The van der Waals surface area contributed by atoms with Crippen molar-refractivity contribution in [2.24, 2.45) is 0 Å². The first-order chi connectivity index (χ1) is 0. The average molecular weight is 136 g/mol. The summed E-state index contributed by atoms with van der Waals surface area (Å²) in [4.78, 5) is 0. The topological polar surface area (TPSA) is 61.0 Å². The summed E-state index contributed by atoms with van der Waals surface area (Å²) in [6, 6.07) is 0. The summed E-state index contributed by atoms with van der Waals surface area (Å²) < 4.78 is 0. The molecule has 0 aromatic rings. The van der Waals surface area contributed by atoms with E-state index in [9.17, 15) is 0 Å². The fourth-order valence-corrected chi connectivity index (χ4v) is 0. The molecule has 0 aliphatic rings. The smallest absolute Gasteiger partial charge is 3.00 e. The van der Waals surface area contributed by atoms with Crippen molar-refractivity contribution in [3.8, 4) is 0 Å². The van der Waals surface area contributed by atoms with Gasteiger partial charge in [-0.2, -0.15) is 0 Å². The molecule has 4 heavy (non-hydrogen) atoms. The summed E-state index contributed by atoms with van der Waals surface area (Å²) >= 11 is 0. The van der Waals surface area contributed by atoms with Gasteiger partial charge >= 0.3 is 34.4 Å². The molecule has 2 nitrogen and oxygen atoms in total. The predicted molar refractivity (Wildman–Crippen MR) is 6.72 cm³/mol. The van der Waals surface area contributed by atoms with E-state index in [2.05, 4.69) is 0 Å². The van der Waals surface area contributed by atoms with E-state index in [1.165, 1.54) is 0 Å². The molecule has 24 valence electrons. The molecule has 0 aromatic carbocycles. The van der Waals surface area contributed by atoms with Gasteiger partial charge in [0.15, 0.2) is 0 Å². The van der Waals surface area contributed by atoms with E-state index in [0.29, 0.717) is 0 Å². The summed E-state index contributed by atoms with van der Waals surface area (Å²) in [5, 5.41) is 0. The second kappa shape index (κ2) is 37.1. The first-order valence-corrected chi connectivity index (χ1v) is 0. The van der Waals surface area contributed by atoms with Crippen LogP contribution in [0.4, 0.5) is 0 Å². The zero-order valence-corrected chi connectivity index (χ0v) is 4.04. The normalized spacial score (nSPS) is 0. The van der Waals surface area contributed by atoms with Crippen LogP contribution in [0.1, 0.15) is 0 Å². The van der Waals surface area contributed by atoms with E-state index < -0.39 is 0 Å². The average Bonchev–Trinajstić information content (AvgIpc) is 0. The van der Waals surface area contributed by atoms with Gasteiger partial charge in [-0.25, -0.2) is 0 Å². The molecule has 4 heteroatoms. The molecule has 0 heterocycles. The minimum absolute atomic E-state index is 0. The van der Waals surface area contributed by atoms with Crippen LogP contribution < -0.4 is 0 Å². The van der Waals surface area contributed by atoms with E-state index in [4.69, 9.17) is 0 Å². The molecule has 0 aromatic heterocycles. The molecule has 0 spiro atoms. The fourth-order valence-electron chi connectivity index (χ4n) is 0. The van der Waals surface area contributed by atoms with E-state index in [0.717, 1.165) is 0 Å². The quantitative estimate of drug-likeness (QED) is 0.437. The van der Waals surface area contributed by atoms with Crippen LogP contribution in [0.15, 0.2) is 0 Å². The third-order valence-corrected chi connectivity index (χ3v) is 0. The molecular formula is CrFeN2. The van der Waals surface area contributed by atoms with Gasteiger partial charge in [-0.05, 0) is 0 Å². The van der Waals surface area contributed by atoms with Gasteiger partial charge in [0.1, 0.15) is 0 Å². The van der Waals surface area contributed by atoms with Gasteiger partial charge in [-0.15, -0.1) is 0 Å². The van der Waals surface area contributed by atoms with Crippen LogP contribution >= 0.6 is 0 Å². The van der Waals surface area contributed by atoms with Crippen LogP contribution in [-0.4, -0.2) is 0 Å². The molecule has 0 saturated carbocycles. The molecule has 0 aliphatic heterocycles. The molecular weight excluding hydrogens is 136 g/mol. The van der Waals surface area contributed by atoms with Crippen LogP contribution in [0.25, 0.3) is 12.3 Å². The fraction of sp³-hybridized carbons (Fsp3) is 0. The summed E-state index contributed by atoms with van der Waals surface area (Å²) in [6.07, 6.45) is 0. The van der Waals surface area contributed by atoms with Gasteiger partial charge in [-0.3, -0.25) is 0 Å². The predicted octanol–water partition coefficient (Wildman–Crippen LogP) is 0.572. The van der Waals surface area contributed by atoms with E-state index in [-0.39, 0.29) is 46.7 Å². The van der Waals surface area contributed by atoms with Gasteiger partial charge < -0.3 is 12.3 Å². The summed E-state index contributed by atoms with van der Waals surface area (Å²) in [7, 11) is 0. The van der Waals surface area contributed by atoms with Crippen molar-refractivity contribution in [3.05, 3.63) is 12.3 Å². The first-order valence-electron chi connectivity index (χ1n) is 0. The molecule has 0 fully saturated rings. The molecule has 0 unspecified atom stereocenters. The van der Waals surface area contributed by atoms with Gasteiger partial charge in [0.05, 0.1) is 0 Å². The van der Waals surface area contributed by atoms with Crippen molar-refractivity contribution >= 4 is 0 Å². The van der Waals surface area contributed by atoms with Gasteiger partial charge in [0, 0.05) is 0 Å². The zero-order valence-electron chi connectivity index (χ0n) is 1.66. The van der Waals surface area contributed by atoms with Crippen LogP contribution in [0.5, 0.6) is 0 Å². The van der Waals surface area contributed by atoms with Crippen molar-refractivity contribution in [1.82, 2.24) is 0 Å². The molecule has 0 aliphatic carbocycles. The molecule has 2 radical (unpaired) electrons. The number of hydrogen-bond acceptors (Lipinski definition) is 0. The Labute approximate surface area is 47.1 Å². The molecule has 0 saturated heterocycles. The van der Waals surface area contributed by atoms with Crippen molar-refractivity contribution in [2.45, 2.75) is 0 Å². The Morgan fingerprint density at radius 1 is 0.750 bits per heavy atom. The second-order valence-corrected chi connectivity index (χ2v) is 0.